The van der Waals surface area contributed by atoms with Crippen molar-refractivity contribution in [1.29, 1.82) is 0 Å². The number of rotatable bonds is 3. The normalized spacial score (nSPS) is 12.4. The first kappa shape index (κ1) is 12.2. The van der Waals surface area contributed by atoms with Gasteiger partial charge >= 0.3 is 5.97 Å². The zero-order valence-corrected chi connectivity index (χ0v) is 11.0. The van der Waals surface area contributed by atoms with E-state index in [-0.39, 0.29) is 0 Å². The largest absolute Gasteiger partial charge is 0.480 e. The van der Waals surface area contributed by atoms with E-state index in [1.54, 1.807) is 5.38 Å². The van der Waals surface area contributed by atoms with E-state index in [4.69, 9.17) is 10.8 Å². The highest BCUT2D eigenvalue weighted by Gasteiger charge is 2.18. The summed E-state index contributed by atoms with van der Waals surface area (Å²) in [6.45, 7) is 0. The molecule has 1 aromatic heterocycles. The molecule has 2 aromatic rings. The molecule has 4 nitrogen and oxygen atoms in total. The Labute approximate surface area is 110 Å². The summed E-state index contributed by atoms with van der Waals surface area (Å²) in [6, 6.07) is 6.59. The lowest BCUT2D eigenvalue weighted by molar-refractivity contribution is -0.138. The lowest BCUT2D eigenvalue weighted by Gasteiger charge is -2.00. The molecule has 0 radical (unpaired) electrons. The summed E-state index contributed by atoms with van der Waals surface area (Å²) in [5.74, 6) is -1.07. The van der Waals surface area contributed by atoms with Crippen molar-refractivity contribution in [2.45, 2.75) is 6.04 Å². The highest BCUT2D eigenvalue weighted by Crippen LogP contribution is 2.25. The fourth-order valence-corrected chi connectivity index (χ4v) is 2.37. The van der Waals surface area contributed by atoms with Crippen molar-refractivity contribution in [2.75, 3.05) is 0 Å². The van der Waals surface area contributed by atoms with E-state index in [9.17, 15) is 4.79 Å². The quantitative estimate of drug-likeness (QED) is 0.913. The molecule has 0 fully saturated rings. The smallest absolute Gasteiger partial charge is 0.327 e. The fraction of sp³-hybridized carbons (Fsp3) is 0.0909. The molecule has 1 unspecified atom stereocenters. The minimum atomic E-state index is -1.07. The zero-order valence-electron chi connectivity index (χ0n) is 8.63. The first-order valence-electron chi connectivity index (χ1n) is 4.77. The van der Waals surface area contributed by atoms with Crippen LogP contribution in [-0.4, -0.2) is 16.1 Å². The number of carboxylic acids is 1. The highest BCUT2D eigenvalue weighted by atomic mass is 79.9. The summed E-state index contributed by atoms with van der Waals surface area (Å²) in [4.78, 5) is 15.0. The van der Waals surface area contributed by atoms with Gasteiger partial charge in [-0.25, -0.2) is 4.98 Å². The minimum absolute atomic E-state index is 0.412. The molecule has 0 aliphatic carbocycles. The Morgan fingerprint density at radius 3 is 2.65 bits per heavy atom. The van der Waals surface area contributed by atoms with Gasteiger partial charge in [0.1, 0.15) is 5.01 Å². The lowest BCUT2D eigenvalue weighted by Crippen LogP contribution is -2.20. The van der Waals surface area contributed by atoms with E-state index in [1.165, 1.54) is 11.3 Å². The molecule has 0 aliphatic heterocycles. The van der Waals surface area contributed by atoms with Gasteiger partial charge in [0, 0.05) is 15.4 Å². The number of carboxylic acid groups (broad SMARTS) is 1. The van der Waals surface area contributed by atoms with Gasteiger partial charge in [-0.3, -0.25) is 4.79 Å². The van der Waals surface area contributed by atoms with E-state index in [2.05, 4.69) is 20.9 Å². The number of nitrogens with two attached hydrogens (primary N) is 1. The predicted molar refractivity (Wildman–Crippen MR) is 69.8 cm³/mol. The Balaban J connectivity index is 2.29. The standard InChI is InChI=1S/C11H9BrN2O2S/c12-7-3-1-6(2-4-7)8-5-17-10(14-8)9(13)11(15)16/h1-5,9H,13H2,(H,15,16). The Morgan fingerprint density at radius 2 is 2.06 bits per heavy atom. The van der Waals surface area contributed by atoms with Crippen molar-refractivity contribution in [2.24, 2.45) is 5.73 Å². The van der Waals surface area contributed by atoms with Crippen molar-refractivity contribution >= 4 is 33.2 Å². The van der Waals surface area contributed by atoms with Crippen molar-refractivity contribution in [3.05, 3.63) is 39.1 Å². The maximum Gasteiger partial charge on any atom is 0.327 e. The number of halogens is 1. The molecule has 3 N–H and O–H groups in total. The number of nitrogens with zero attached hydrogens (tertiary/aromatic N) is 1. The van der Waals surface area contributed by atoms with Crippen LogP contribution in [0.15, 0.2) is 34.1 Å². The molecule has 0 spiro atoms. The molecule has 0 saturated heterocycles. The summed E-state index contributed by atoms with van der Waals surface area (Å²) >= 11 is 4.61. The second kappa shape index (κ2) is 4.95. The molecule has 1 aromatic carbocycles. The first-order chi connectivity index (χ1) is 8.08. The number of carbonyl (C=O) groups is 1. The van der Waals surface area contributed by atoms with Crippen molar-refractivity contribution in [1.82, 2.24) is 4.98 Å². The minimum Gasteiger partial charge on any atom is -0.480 e. The van der Waals surface area contributed by atoms with Crippen LogP contribution < -0.4 is 5.73 Å². The summed E-state index contributed by atoms with van der Waals surface area (Å²) in [5.41, 5.74) is 7.18. The predicted octanol–water partition coefficient (Wildman–Crippen LogP) is 2.66. The summed E-state index contributed by atoms with van der Waals surface area (Å²) in [6.07, 6.45) is 0. The second-order valence-electron chi connectivity index (χ2n) is 3.39. The number of hydrogen-bond donors (Lipinski definition) is 2. The molecule has 6 heteroatoms. The highest BCUT2D eigenvalue weighted by molar-refractivity contribution is 9.10. The number of benzene rings is 1. The average molecular weight is 313 g/mol. The monoisotopic (exact) mass is 312 g/mol. The van der Waals surface area contributed by atoms with Crippen LogP contribution in [-0.2, 0) is 4.79 Å². The van der Waals surface area contributed by atoms with Crippen LogP contribution in [0.2, 0.25) is 0 Å². The van der Waals surface area contributed by atoms with E-state index < -0.39 is 12.0 Å². The molecule has 1 heterocycles. The van der Waals surface area contributed by atoms with Gasteiger partial charge in [-0.1, -0.05) is 28.1 Å². The van der Waals surface area contributed by atoms with E-state index in [0.717, 1.165) is 15.7 Å². The number of thiazole rings is 1. The van der Waals surface area contributed by atoms with Gasteiger partial charge in [-0.2, -0.15) is 0 Å². The molecule has 17 heavy (non-hydrogen) atoms. The Kier molecular flexibility index (Phi) is 3.56. The Hall–Kier alpha value is -1.24. The molecule has 1 atom stereocenters. The molecule has 0 aliphatic rings. The van der Waals surface area contributed by atoms with Crippen LogP contribution in [0, 0.1) is 0 Å². The zero-order chi connectivity index (χ0) is 12.4. The van der Waals surface area contributed by atoms with Crippen LogP contribution in [0.1, 0.15) is 11.0 Å². The van der Waals surface area contributed by atoms with Gasteiger partial charge in [-0.15, -0.1) is 11.3 Å². The van der Waals surface area contributed by atoms with Gasteiger partial charge < -0.3 is 10.8 Å². The van der Waals surface area contributed by atoms with Crippen molar-refractivity contribution in [3.63, 3.8) is 0 Å². The third-order valence-electron chi connectivity index (χ3n) is 2.19. The van der Waals surface area contributed by atoms with Crippen LogP contribution in [0.5, 0.6) is 0 Å². The van der Waals surface area contributed by atoms with Crippen LogP contribution in [0.3, 0.4) is 0 Å². The van der Waals surface area contributed by atoms with Crippen LogP contribution >= 0.6 is 27.3 Å². The summed E-state index contributed by atoms with van der Waals surface area (Å²) in [5, 5.41) is 11.0. The molecular formula is C11H9BrN2O2S. The SMILES string of the molecule is NC(C(=O)O)c1nc(-c2ccc(Br)cc2)cs1. The van der Waals surface area contributed by atoms with E-state index in [0.29, 0.717) is 5.01 Å². The van der Waals surface area contributed by atoms with E-state index >= 15 is 0 Å². The molecule has 88 valence electrons. The summed E-state index contributed by atoms with van der Waals surface area (Å²) in [7, 11) is 0. The van der Waals surface area contributed by atoms with Crippen LogP contribution in [0.25, 0.3) is 11.3 Å². The maximum absolute atomic E-state index is 10.7. The Morgan fingerprint density at radius 1 is 1.41 bits per heavy atom. The average Bonchev–Trinajstić information content (AvgIpc) is 2.78. The molecule has 2 rings (SSSR count). The van der Waals surface area contributed by atoms with Crippen molar-refractivity contribution in [3.8, 4) is 11.3 Å². The fourth-order valence-electron chi connectivity index (χ4n) is 1.29. The van der Waals surface area contributed by atoms with Crippen molar-refractivity contribution < 1.29 is 9.90 Å². The second-order valence-corrected chi connectivity index (χ2v) is 5.20. The topological polar surface area (TPSA) is 76.2 Å². The molecule has 0 bridgehead atoms. The van der Waals surface area contributed by atoms with Crippen LogP contribution in [0.4, 0.5) is 0 Å². The number of aromatic nitrogens is 1. The third kappa shape index (κ3) is 2.71. The molecule has 0 saturated carbocycles. The number of hydrogen-bond acceptors (Lipinski definition) is 4. The Bertz CT molecular complexity index is 539. The molecule has 0 amide bonds. The van der Waals surface area contributed by atoms with Gasteiger partial charge in [0.25, 0.3) is 0 Å². The lowest BCUT2D eigenvalue weighted by atomic mass is 10.2. The number of aliphatic carboxylic acids is 1. The summed E-state index contributed by atoms with van der Waals surface area (Å²) < 4.78 is 0.985. The van der Waals surface area contributed by atoms with Gasteiger partial charge in [0.2, 0.25) is 0 Å². The first-order valence-corrected chi connectivity index (χ1v) is 6.45. The third-order valence-corrected chi connectivity index (χ3v) is 3.65. The maximum atomic E-state index is 10.7. The van der Waals surface area contributed by atoms with E-state index in [1.807, 2.05) is 24.3 Å². The van der Waals surface area contributed by atoms with Gasteiger partial charge in [0.05, 0.1) is 5.69 Å². The van der Waals surface area contributed by atoms with Gasteiger partial charge in [0.15, 0.2) is 6.04 Å². The molecular weight excluding hydrogens is 304 g/mol. The van der Waals surface area contributed by atoms with Gasteiger partial charge in [-0.05, 0) is 12.1 Å².